The van der Waals surface area contributed by atoms with Gasteiger partial charge in [0.05, 0.1) is 4.90 Å². The lowest BCUT2D eigenvalue weighted by Crippen LogP contribution is -2.25. The third kappa shape index (κ3) is 5.42. The Morgan fingerprint density at radius 3 is 2.23 bits per heavy atom. The van der Waals surface area contributed by atoms with Gasteiger partial charge in [-0.05, 0) is 36.1 Å². The molecule has 0 saturated carbocycles. The van der Waals surface area contributed by atoms with Gasteiger partial charge in [0.2, 0.25) is 5.91 Å². The first-order valence-electron chi connectivity index (χ1n) is 7.21. The maximum atomic E-state index is 11.8. The van der Waals surface area contributed by atoms with E-state index in [1.54, 1.807) is 12.1 Å². The van der Waals surface area contributed by atoms with Crippen LogP contribution in [0.2, 0.25) is 0 Å². The van der Waals surface area contributed by atoms with Gasteiger partial charge in [0.1, 0.15) is 11.0 Å². The largest absolute Gasteiger partial charge is 0.356 e. The van der Waals surface area contributed by atoms with Crippen molar-refractivity contribution in [1.82, 2.24) is 5.32 Å². The lowest BCUT2D eigenvalue weighted by atomic mass is 10.1. The molecule has 0 spiro atoms. The molecule has 22 heavy (non-hydrogen) atoms. The number of carbonyl (C=O) groups excluding carboxylic acids is 1. The summed E-state index contributed by atoms with van der Waals surface area (Å²) in [6.07, 6.45) is 1.99. The molecule has 0 aliphatic heterocycles. The van der Waals surface area contributed by atoms with E-state index in [2.05, 4.69) is 5.32 Å². The maximum Gasteiger partial charge on any atom is 0.220 e. The highest BCUT2D eigenvalue weighted by atomic mass is 32.2. The molecule has 0 fully saturated rings. The molecule has 3 N–H and O–H groups in total. The molecule has 1 atom stereocenters. The number of rotatable bonds is 7. The number of hydrogen-bond donors (Lipinski definition) is 2. The molecule has 0 radical (unpaired) electrons. The molecule has 1 amide bonds. The Labute approximate surface area is 133 Å². The van der Waals surface area contributed by atoms with Gasteiger partial charge >= 0.3 is 0 Å². The van der Waals surface area contributed by atoms with Crippen LogP contribution in [0, 0.1) is 0 Å². The van der Waals surface area contributed by atoms with Crippen LogP contribution in [0.25, 0.3) is 0 Å². The summed E-state index contributed by atoms with van der Waals surface area (Å²) >= 11 is 0. The third-order valence-corrected chi connectivity index (χ3v) is 4.11. The monoisotopic (exact) mass is 316 g/mol. The van der Waals surface area contributed by atoms with Crippen molar-refractivity contribution in [3.05, 3.63) is 65.7 Å². The fourth-order valence-corrected chi connectivity index (χ4v) is 2.53. The molecule has 0 bridgehead atoms. The van der Waals surface area contributed by atoms with Crippen LogP contribution in [-0.4, -0.2) is 16.7 Å². The summed E-state index contributed by atoms with van der Waals surface area (Å²) < 4.78 is 11.1. The molecule has 2 aromatic rings. The zero-order valence-corrected chi connectivity index (χ0v) is 13.1. The van der Waals surface area contributed by atoms with Crippen molar-refractivity contribution in [2.24, 2.45) is 5.14 Å². The van der Waals surface area contributed by atoms with Crippen molar-refractivity contribution in [1.29, 1.82) is 0 Å². The Morgan fingerprint density at radius 2 is 1.59 bits per heavy atom. The predicted molar refractivity (Wildman–Crippen MR) is 88.5 cm³/mol. The van der Waals surface area contributed by atoms with Crippen LogP contribution >= 0.6 is 0 Å². The van der Waals surface area contributed by atoms with Gasteiger partial charge in [-0.25, -0.2) is 9.35 Å². The van der Waals surface area contributed by atoms with Gasteiger partial charge in [-0.1, -0.05) is 42.5 Å². The first-order chi connectivity index (χ1) is 10.6. The van der Waals surface area contributed by atoms with E-state index in [1.165, 1.54) is 5.56 Å². The van der Waals surface area contributed by atoms with Gasteiger partial charge < -0.3 is 5.32 Å². The summed E-state index contributed by atoms with van der Waals surface area (Å²) in [6.45, 7) is 0.596. The average Bonchev–Trinajstić information content (AvgIpc) is 2.54. The van der Waals surface area contributed by atoms with Crippen LogP contribution in [0.5, 0.6) is 0 Å². The van der Waals surface area contributed by atoms with Crippen LogP contribution in [0.4, 0.5) is 0 Å². The Hall–Kier alpha value is -1.98. The number of nitrogens with one attached hydrogen (secondary N) is 1. The van der Waals surface area contributed by atoms with Crippen LogP contribution in [0.3, 0.4) is 0 Å². The van der Waals surface area contributed by atoms with Gasteiger partial charge in [-0.2, -0.15) is 0 Å². The van der Waals surface area contributed by atoms with Gasteiger partial charge in [0, 0.05) is 13.0 Å². The molecule has 0 aliphatic carbocycles. The number of benzene rings is 2. The highest BCUT2D eigenvalue weighted by Gasteiger charge is 2.02. The molecular formula is C17H20N2O2S. The highest BCUT2D eigenvalue weighted by molar-refractivity contribution is 7.82. The second-order valence-electron chi connectivity index (χ2n) is 5.03. The van der Waals surface area contributed by atoms with E-state index in [4.69, 9.17) is 5.14 Å². The number of carbonyl (C=O) groups is 1. The Morgan fingerprint density at radius 1 is 0.955 bits per heavy atom. The Balaban J connectivity index is 1.69. The number of nitrogens with two attached hydrogens (primary N) is 1. The molecule has 2 aromatic carbocycles. The first kappa shape index (κ1) is 16.4. The fourth-order valence-electron chi connectivity index (χ4n) is 2.13. The SMILES string of the molecule is NS(=O)c1ccc(CCNC(=O)CCc2ccccc2)cc1. The smallest absolute Gasteiger partial charge is 0.220 e. The van der Waals surface area contributed by atoms with Gasteiger partial charge in [0.25, 0.3) is 0 Å². The van der Waals surface area contributed by atoms with E-state index in [0.717, 1.165) is 18.4 Å². The van der Waals surface area contributed by atoms with E-state index in [9.17, 15) is 9.00 Å². The molecule has 0 aromatic heterocycles. The van der Waals surface area contributed by atoms with E-state index in [-0.39, 0.29) is 5.91 Å². The second kappa shape index (κ2) is 8.46. The Kier molecular flexibility index (Phi) is 6.30. The summed E-state index contributed by atoms with van der Waals surface area (Å²) in [4.78, 5) is 12.4. The topological polar surface area (TPSA) is 72.2 Å². The van der Waals surface area contributed by atoms with Crippen LogP contribution in [0.15, 0.2) is 59.5 Å². The van der Waals surface area contributed by atoms with Crippen molar-refractivity contribution in [2.75, 3.05) is 6.54 Å². The van der Waals surface area contributed by atoms with E-state index in [1.807, 2.05) is 42.5 Å². The summed E-state index contributed by atoms with van der Waals surface area (Å²) in [5.41, 5.74) is 2.25. The van der Waals surface area contributed by atoms with E-state index >= 15 is 0 Å². The van der Waals surface area contributed by atoms with Crippen LogP contribution < -0.4 is 10.5 Å². The zero-order valence-electron chi connectivity index (χ0n) is 12.3. The molecule has 0 heterocycles. The summed E-state index contributed by atoms with van der Waals surface area (Å²) in [7, 11) is -1.44. The molecular weight excluding hydrogens is 296 g/mol. The second-order valence-corrected chi connectivity index (χ2v) is 6.09. The highest BCUT2D eigenvalue weighted by Crippen LogP contribution is 2.07. The first-order valence-corrected chi connectivity index (χ1v) is 8.42. The zero-order chi connectivity index (χ0) is 15.8. The van der Waals surface area contributed by atoms with Crippen molar-refractivity contribution in [2.45, 2.75) is 24.2 Å². The van der Waals surface area contributed by atoms with Crippen LogP contribution in [0.1, 0.15) is 17.5 Å². The summed E-state index contributed by atoms with van der Waals surface area (Å²) in [5, 5.41) is 8.22. The van der Waals surface area contributed by atoms with Gasteiger partial charge in [-0.3, -0.25) is 4.79 Å². The van der Waals surface area contributed by atoms with Gasteiger partial charge in [0.15, 0.2) is 0 Å². The van der Waals surface area contributed by atoms with E-state index < -0.39 is 11.0 Å². The molecule has 116 valence electrons. The standard InChI is InChI=1S/C17H20N2O2S/c18-22(21)16-9-6-15(7-10-16)12-13-19-17(20)11-8-14-4-2-1-3-5-14/h1-7,9-10H,8,11-13,18H2,(H,19,20). The molecule has 1 unspecified atom stereocenters. The lowest BCUT2D eigenvalue weighted by Gasteiger charge is -2.06. The van der Waals surface area contributed by atoms with Crippen LogP contribution in [-0.2, 0) is 28.6 Å². The van der Waals surface area contributed by atoms with Crippen molar-refractivity contribution < 1.29 is 9.00 Å². The number of aryl methyl sites for hydroxylation is 1. The van der Waals surface area contributed by atoms with Crippen molar-refractivity contribution in [3.8, 4) is 0 Å². The predicted octanol–water partition coefficient (Wildman–Crippen LogP) is 1.96. The maximum absolute atomic E-state index is 11.8. The number of hydrogen-bond acceptors (Lipinski definition) is 2. The lowest BCUT2D eigenvalue weighted by molar-refractivity contribution is -0.121. The van der Waals surface area contributed by atoms with E-state index in [0.29, 0.717) is 17.9 Å². The quantitative estimate of drug-likeness (QED) is 0.819. The Bertz CT molecular complexity index is 627. The normalized spacial score (nSPS) is 11.9. The minimum Gasteiger partial charge on any atom is -0.356 e. The minimum absolute atomic E-state index is 0.0588. The molecule has 4 nitrogen and oxygen atoms in total. The summed E-state index contributed by atoms with van der Waals surface area (Å²) in [5.74, 6) is 0.0588. The van der Waals surface area contributed by atoms with Gasteiger partial charge in [-0.15, -0.1) is 0 Å². The number of amides is 1. The molecule has 0 saturated heterocycles. The minimum atomic E-state index is -1.44. The third-order valence-electron chi connectivity index (χ3n) is 3.38. The molecule has 0 aliphatic rings. The molecule has 5 heteroatoms. The van der Waals surface area contributed by atoms with Crippen molar-refractivity contribution in [3.63, 3.8) is 0 Å². The van der Waals surface area contributed by atoms with Crippen molar-refractivity contribution >= 4 is 16.9 Å². The summed E-state index contributed by atoms with van der Waals surface area (Å²) in [6, 6.07) is 17.2. The fraction of sp³-hybridized carbons (Fsp3) is 0.235. The average molecular weight is 316 g/mol. The molecule has 2 rings (SSSR count).